The second-order valence-electron chi connectivity index (χ2n) is 5.27. The van der Waals surface area contributed by atoms with Gasteiger partial charge in [-0.25, -0.2) is 9.98 Å². The fourth-order valence-corrected chi connectivity index (χ4v) is 2.44. The lowest BCUT2D eigenvalue weighted by Crippen LogP contribution is -2.03. The minimum absolute atomic E-state index is 0.0110. The SMILES string of the molecule is Cc1c(CO)ccnc1N=C(c1ccccc1)c1ccccc1. The summed E-state index contributed by atoms with van der Waals surface area (Å²) in [6.07, 6.45) is 1.69. The number of benzene rings is 2. The second kappa shape index (κ2) is 6.99. The molecule has 0 aliphatic rings. The first kappa shape index (κ1) is 15.1. The number of pyridine rings is 1. The zero-order valence-electron chi connectivity index (χ0n) is 13.0. The van der Waals surface area contributed by atoms with Crippen molar-refractivity contribution in [3.8, 4) is 0 Å². The van der Waals surface area contributed by atoms with Gasteiger partial charge in [0.05, 0.1) is 12.3 Å². The van der Waals surface area contributed by atoms with E-state index in [1.165, 1.54) is 0 Å². The van der Waals surface area contributed by atoms with E-state index in [0.29, 0.717) is 5.82 Å². The van der Waals surface area contributed by atoms with Crippen molar-refractivity contribution in [3.05, 3.63) is 95.2 Å². The molecule has 0 amide bonds. The van der Waals surface area contributed by atoms with Crippen LogP contribution in [0.15, 0.2) is 77.9 Å². The molecule has 0 saturated carbocycles. The van der Waals surface area contributed by atoms with Crippen LogP contribution < -0.4 is 0 Å². The van der Waals surface area contributed by atoms with Crippen LogP contribution in [-0.4, -0.2) is 15.8 Å². The van der Waals surface area contributed by atoms with Crippen molar-refractivity contribution in [2.45, 2.75) is 13.5 Å². The van der Waals surface area contributed by atoms with E-state index < -0.39 is 0 Å². The predicted octanol–water partition coefficient (Wildman–Crippen LogP) is 4.05. The fraction of sp³-hybridized carbons (Fsp3) is 0.100. The Kier molecular flexibility index (Phi) is 4.60. The van der Waals surface area contributed by atoms with E-state index in [-0.39, 0.29) is 6.61 Å². The molecule has 0 aliphatic heterocycles. The summed E-state index contributed by atoms with van der Waals surface area (Å²) in [5.74, 6) is 0.638. The van der Waals surface area contributed by atoms with Gasteiger partial charge in [-0.05, 0) is 24.1 Å². The van der Waals surface area contributed by atoms with Crippen molar-refractivity contribution in [2.75, 3.05) is 0 Å². The van der Waals surface area contributed by atoms with Gasteiger partial charge in [-0.1, -0.05) is 60.7 Å². The number of hydrogen-bond acceptors (Lipinski definition) is 3. The highest BCUT2D eigenvalue weighted by atomic mass is 16.3. The van der Waals surface area contributed by atoms with Gasteiger partial charge >= 0.3 is 0 Å². The monoisotopic (exact) mass is 302 g/mol. The number of aromatic nitrogens is 1. The van der Waals surface area contributed by atoms with E-state index in [2.05, 4.69) is 4.98 Å². The maximum Gasteiger partial charge on any atom is 0.155 e. The zero-order chi connectivity index (χ0) is 16.1. The summed E-state index contributed by atoms with van der Waals surface area (Å²) in [6, 6.07) is 21.9. The maximum absolute atomic E-state index is 9.43. The van der Waals surface area contributed by atoms with Gasteiger partial charge in [0, 0.05) is 17.3 Å². The predicted molar refractivity (Wildman–Crippen MR) is 93.1 cm³/mol. The van der Waals surface area contributed by atoms with E-state index in [1.54, 1.807) is 6.20 Å². The molecule has 0 unspecified atom stereocenters. The molecule has 0 aliphatic carbocycles. The topological polar surface area (TPSA) is 45.5 Å². The van der Waals surface area contributed by atoms with Crippen molar-refractivity contribution >= 4 is 11.5 Å². The maximum atomic E-state index is 9.43. The number of aliphatic hydroxyl groups is 1. The first-order valence-corrected chi connectivity index (χ1v) is 7.54. The van der Waals surface area contributed by atoms with Crippen LogP contribution >= 0.6 is 0 Å². The van der Waals surface area contributed by atoms with Crippen LogP contribution in [0.5, 0.6) is 0 Å². The molecule has 3 heteroatoms. The summed E-state index contributed by atoms with van der Waals surface area (Å²) < 4.78 is 0. The van der Waals surface area contributed by atoms with E-state index >= 15 is 0 Å². The molecular formula is C20H18N2O. The number of nitrogens with zero attached hydrogens (tertiary/aromatic N) is 2. The second-order valence-corrected chi connectivity index (χ2v) is 5.27. The van der Waals surface area contributed by atoms with Gasteiger partial charge in [-0.2, -0.15) is 0 Å². The number of aliphatic imine (C=N–C) groups is 1. The van der Waals surface area contributed by atoms with E-state index in [4.69, 9.17) is 4.99 Å². The highest BCUT2D eigenvalue weighted by molar-refractivity contribution is 6.13. The molecule has 0 spiro atoms. The molecule has 1 N–H and O–H groups in total. The van der Waals surface area contributed by atoms with Gasteiger partial charge < -0.3 is 5.11 Å². The van der Waals surface area contributed by atoms with E-state index in [0.717, 1.165) is 28.0 Å². The van der Waals surface area contributed by atoms with Crippen molar-refractivity contribution in [1.82, 2.24) is 4.98 Å². The van der Waals surface area contributed by atoms with Crippen LogP contribution in [0.1, 0.15) is 22.3 Å². The van der Waals surface area contributed by atoms with Crippen LogP contribution in [0, 0.1) is 6.92 Å². The molecule has 0 bridgehead atoms. The molecule has 0 radical (unpaired) electrons. The van der Waals surface area contributed by atoms with Gasteiger partial charge in [-0.3, -0.25) is 0 Å². The third-order valence-electron chi connectivity index (χ3n) is 3.77. The highest BCUT2D eigenvalue weighted by Gasteiger charge is 2.09. The van der Waals surface area contributed by atoms with Crippen LogP contribution in [0.3, 0.4) is 0 Å². The quantitative estimate of drug-likeness (QED) is 0.739. The average molecular weight is 302 g/mol. The lowest BCUT2D eigenvalue weighted by Gasteiger charge is -2.10. The van der Waals surface area contributed by atoms with Gasteiger partial charge in [0.1, 0.15) is 0 Å². The average Bonchev–Trinajstić information content (AvgIpc) is 2.62. The molecule has 2 aromatic carbocycles. The molecule has 23 heavy (non-hydrogen) atoms. The van der Waals surface area contributed by atoms with Crippen molar-refractivity contribution in [1.29, 1.82) is 0 Å². The van der Waals surface area contributed by atoms with Gasteiger partial charge in [0.25, 0.3) is 0 Å². The molecule has 3 rings (SSSR count). The highest BCUT2D eigenvalue weighted by Crippen LogP contribution is 2.22. The lowest BCUT2D eigenvalue weighted by molar-refractivity contribution is 0.281. The van der Waals surface area contributed by atoms with Crippen molar-refractivity contribution in [3.63, 3.8) is 0 Å². The molecule has 0 atom stereocenters. The Morgan fingerprint density at radius 2 is 1.48 bits per heavy atom. The third kappa shape index (κ3) is 3.35. The summed E-state index contributed by atoms with van der Waals surface area (Å²) in [6.45, 7) is 1.92. The van der Waals surface area contributed by atoms with Crippen LogP contribution in [0.25, 0.3) is 0 Å². The Morgan fingerprint density at radius 3 is 2.00 bits per heavy atom. The minimum atomic E-state index is -0.0110. The summed E-state index contributed by atoms with van der Waals surface area (Å²) >= 11 is 0. The molecule has 0 fully saturated rings. The van der Waals surface area contributed by atoms with E-state index in [9.17, 15) is 5.11 Å². The van der Waals surface area contributed by atoms with E-state index in [1.807, 2.05) is 73.7 Å². The molecule has 114 valence electrons. The lowest BCUT2D eigenvalue weighted by atomic mass is 10.0. The van der Waals surface area contributed by atoms with Crippen LogP contribution in [0.2, 0.25) is 0 Å². The minimum Gasteiger partial charge on any atom is -0.392 e. The molecule has 1 aromatic heterocycles. The number of rotatable bonds is 4. The number of hydrogen-bond donors (Lipinski definition) is 1. The van der Waals surface area contributed by atoms with Gasteiger partial charge in [0.2, 0.25) is 0 Å². The molecule has 3 nitrogen and oxygen atoms in total. The smallest absolute Gasteiger partial charge is 0.155 e. The largest absolute Gasteiger partial charge is 0.392 e. The number of aliphatic hydroxyl groups excluding tert-OH is 1. The molecule has 0 saturated heterocycles. The Balaban J connectivity index is 2.17. The summed E-state index contributed by atoms with van der Waals surface area (Å²) in [4.78, 5) is 9.18. The normalized spacial score (nSPS) is 10.3. The molecule has 1 heterocycles. The Morgan fingerprint density at radius 1 is 0.913 bits per heavy atom. The summed E-state index contributed by atoms with van der Waals surface area (Å²) in [5.41, 5.74) is 4.69. The summed E-state index contributed by atoms with van der Waals surface area (Å²) in [7, 11) is 0. The zero-order valence-corrected chi connectivity index (χ0v) is 13.0. The first-order valence-electron chi connectivity index (χ1n) is 7.54. The van der Waals surface area contributed by atoms with Crippen LogP contribution in [0.4, 0.5) is 5.82 Å². The Labute approximate surface area is 136 Å². The van der Waals surface area contributed by atoms with Crippen molar-refractivity contribution < 1.29 is 5.11 Å². The Bertz CT molecular complexity index is 770. The van der Waals surface area contributed by atoms with Crippen molar-refractivity contribution in [2.24, 2.45) is 4.99 Å². The molecule has 3 aromatic rings. The fourth-order valence-electron chi connectivity index (χ4n) is 2.44. The Hall–Kier alpha value is -2.78. The standard InChI is InChI=1S/C20H18N2O/c1-15-18(14-23)12-13-21-20(15)22-19(16-8-4-2-5-9-16)17-10-6-3-7-11-17/h2-13,23H,14H2,1H3. The molecular weight excluding hydrogens is 284 g/mol. The van der Waals surface area contributed by atoms with Gasteiger partial charge in [0.15, 0.2) is 5.82 Å². The van der Waals surface area contributed by atoms with Gasteiger partial charge in [-0.15, -0.1) is 0 Å². The first-order chi connectivity index (χ1) is 11.3. The van der Waals surface area contributed by atoms with Crippen LogP contribution in [-0.2, 0) is 6.61 Å². The summed E-state index contributed by atoms with van der Waals surface area (Å²) in [5, 5.41) is 9.43. The third-order valence-corrected chi connectivity index (χ3v) is 3.77.